The van der Waals surface area contributed by atoms with Gasteiger partial charge in [-0.25, -0.2) is 0 Å². The van der Waals surface area contributed by atoms with Crippen LogP contribution in [0.25, 0.3) is 6.08 Å². The van der Waals surface area contributed by atoms with Crippen molar-refractivity contribution in [1.29, 1.82) is 0 Å². The van der Waals surface area contributed by atoms with Gasteiger partial charge in [-0.15, -0.1) is 0 Å². The zero-order valence-electron chi connectivity index (χ0n) is 13.6. The first-order valence-electron chi connectivity index (χ1n) is 7.29. The van der Waals surface area contributed by atoms with Gasteiger partial charge in [-0.3, -0.25) is 9.59 Å². The zero-order valence-corrected chi connectivity index (χ0v) is 16.8. The number of carbonyl (C=O) groups is 2. The fourth-order valence-electron chi connectivity index (χ4n) is 2.09. The number of nitrogens with one attached hydrogen (secondary N) is 2. The van der Waals surface area contributed by atoms with Crippen molar-refractivity contribution in [3.05, 3.63) is 57.0 Å². The number of benzene rings is 2. The molecule has 2 N–H and O–H groups in total. The molecule has 0 atom stereocenters. The van der Waals surface area contributed by atoms with Crippen molar-refractivity contribution in [1.82, 2.24) is 0 Å². The summed E-state index contributed by atoms with van der Waals surface area (Å²) >= 11 is 6.74. The van der Waals surface area contributed by atoms with Gasteiger partial charge in [0.2, 0.25) is 11.8 Å². The third-order valence-electron chi connectivity index (χ3n) is 3.16. The van der Waals surface area contributed by atoms with Gasteiger partial charge < -0.3 is 15.4 Å². The van der Waals surface area contributed by atoms with Gasteiger partial charge in [0.05, 0.1) is 18.5 Å². The third-order valence-corrected chi connectivity index (χ3v) is 4.14. The maximum atomic E-state index is 12.2. The van der Waals surface area contributed by atoms with E-state index in [0.29, 0.717) is 17.1 Å². The van der Waals surface area contributed by atoms with Crippen LogP contribution in [0.3, 0.4) is 0 Å². The predicted octanol–water partition coefficient (Wildman–Crippen LogP) is 4.83. The normalized spacial score (nSPS) is 10.6. The average molecular weight is 468 g/mol. The summed E-state index contributed by atoms with van der Waals surface area (Å²) < 4.78 is 6.94. The second-order valence-corrected chi connectivity index (χ2v) is 6.91. The SMILES string of the molecule is COc1ccc(Br)cc1/C=C/C(=O)Nc1cc(Br)ccc1NC(C)=O. The first kappa shape index (κ1) is 19.2. The number of rotatable bonds is 5. The molecule has 0 aliphatic rings. The van der Waals surface area contributed by atoms with E-state index in [1.807, 2.05) is 18.2 Å². The van der Waals surface area contributed by atoms with Crippen LogP contribution in [-0.4, -0.2) is 18.9 Å². The highest BCUT2D eigenvalue weighted by Gasteiger charge is 2.08. The fourth-order valence-corrected chi connectivity index (χ4v) is 2.83. The first-order valence-corrected chi connectivity index (χ1v) is 8.87. The van der Waals surface area contributed by atoms with Gasteiger partial charge >= 0.3 is 0 Å². The number of halogens is 2. The number of hydrogen-bond donors (Lipinski definition) is 2. The van der Waals surface area contributed by atoms with E-state index in [9.17, 15) is 9.59 Å². The molecule has 7 heteroatoms. The highest BCUT2D eigenvalue weighted by atomic mass is 79.9. The predicted molar refractivity (Wildman–Crippen MR) is 107 cm³/mol. The molecule has 0 saturated carbocycles. The molecule has 5 nitrogen and oxygen atoms in total. The molecule has 25 heavy (non-hydrogen) atoms. The Labute approximate surface area is 162 Å². The van der Waals surface area contributed by atoms with Crippen molar-refractivity contribution in [2.45, 2.75) is 6.92 Å². The topological polar surface area (TPSA) is 67.4 Å². The van der Waals surface area contributed by atoms with E-state index in [4.69, 9.17) is 4.74 Å². The molecule has 2 aromatic rings. The van der Waals surface area contributed by atoms with Crippen molar-refractivity contribution in [2.75, 3.05) is 17.7 Å². The van der Waals surface area contributed by atoms with E-state index in [1.165, 1.54) is 13.0 Å². The summed E-state index contributed by atoms with van der Waals surface area (Å²) in [6.45, 7) is 1.41. The van der Waals surface area contributed by atoms with Crippen LogP contribution in [-0.2, 0) is 9.59 Å². The molecule has 0 fully saturated rings. The van der Waals surface area contributed by atoms with Gasteiger partial charge in [-0.2, -0.15) is 0 Å². The lowest BCUT2D eigenvalue weighted by molar-refractivity contribution is -0.114. The summed E-state index contributed by atoms with van der Waals surface area (Å²) in [5.41, 5.74) is 1.79. The van der Waals surface area contributed by atoms with Crippen molar-refractivity contribution >= 4 is 61.1 Å². The van der Waals surface area contributed by atoms with Crippen LogP contribution in [0.4, 0.5) is 11.4 Å². The fraction of sp³-hybridized carbons (Fsp3) is 0.111. The summed E-state index contributed by atoms with van der Waals surface area (Å²) in [4.78, 5) is 23.5. The lowest BCUT2D eigenvalue weighted by Gasteiger charge is -2.11. The minimum Gasteiger partial charge on any atom is -0.496 e. The van der Waals surface area contributed by atoms with Gasteiger partial charge in [0.15, 0.2) is 0 Å². The quantitative estimate of drug-likeness (QED) is 0.618. The number of hydrogen-bond acceptors (Lipinski definition) is 3. The second-order valence-electron chi connectivity index (χ2n) is 5.08. The summed E-state index contributed by atoms with van der Waals surface area (Å²) in [7, 11) is 1.57. The van der Waals surface area contributed by atoms with Crippen molar-refractivity contribution in [3.63, 3.8) is 0 Å². The molecule has 0 radical (unpaired) electrons. The zero-order chi connectivity index (χ0) is 18.4. The number of anilines is 2. The van der Waals surface area contributed by atoms with Crippen LogP contribution in [0.5, 0.6) is 5.75 Å². The lowest BCUT2D eigenvalue weighted by Crippen LogP contribution is -2.13. The molecule has 2 aromatic carbocycles. The number of carbonyl (C=O) groups excluding carboxylic acids is 2. The molecule has 0 aliphatic heterocycles. The first-order chi connectivity index (χ1) is 11.9. The van der Waals surface area contributed by atoms with Crippen LogP contribution in [0.15, 0.2) is 51.4 Å². The summed E-state index contributed by atoms with van der Waals surface area (Å²) in [5, 5.41) is 5.44. The Bertz CT molecular complexity index is 835. The smallest absolute Gasteiger partial charge is 0.248 e. The average Bonchev–Trinajstić information content (AvgIpc) is 2.55. The van der Waals surface area contributed by atoms with Gasteiger partial charge in [0, 0.05) is 27.5 Å². The highest BCUT2D eigenvalue weighted by Crippen LogP contribution is 2.27. The van der Waals surface area contributed by atoms with Crippen LogP contribution in [0, 0.1) is 0 Å². The van der Waals surface area contributed by atoms with Crippen LogP contribution < -0.4 is 15.4 Å². The van der Waals surface area contributed by atoms with Gasteiger partial charge in [0.25, 0.3) is 0 Å². The molecule has 0 unspecified atom stereocenters. The maximum Gasteiger partial charge on any atom is 0.248 e. The Morgan fingerprint density at radius 3 is 2.36 bits per heavy atom. The van der Waals surface area contributed by atoms with E-state index >= 15 is 0 Å². The number of methoxy groups -OCH3 is 1. The minimum absolute atomic E-state index is 0.216. The standard InChI is InChI=1S/C18H16Br2N2O3/c1-11(23)21-15-6-4-14(20)10-16(15)22-18(24)8-3-12-9-13(19)5-7-17(12)25-2/h3-10H,1-2H3,(H,21,23)(H,22,24)/b8-3+. The van der Waals surface area contributed by atoms with Crippen LogP contribution >= 0.6 is 31.9 Å². The Kier molecular flexibility index (Phi) is 6.78. The van der Waals surface area contributed by atoms with E-state index in [-0.39, 0.29) is 11.8 Å². The molecule has 0 aromatic heterocycles. The third kappa shape index (κ3) is 5.72. The van der Waals surface area contributed by atoms with Crippen LogP contribution in [0.2, 0.25) is 0 Å². The van der Waals surface area contributed by atoms with E-state index in [0.717, 1.165) is 14.5 Å². The van der Waals surface area contributed by atoms with E-state index in [2.05, 4.69) is 42.5 Å². The monoisotopic (exact) mass is 466 g/mol. The largest absolute Gasteiger partial charge is 0.496 e. The molecular formula is C18H16Br2N2O3. The van der Waals surface area contributed by atoms with Crippen molar-refractivity contribution in [3.8, 4) is 5.75 Å². The molecule has 0 bridgehead atoms. The molecule has 2 rings (SSSR count). The summed E-state index contributed by atoms with van der Waals surface area (Å²) in [6, 6.07) is 10.7. The summed E-state index contributed by atoms with van der Waals surface area (Å²) in [6.07, 6.45) is 3.07. The molecule has 0 saturated heterocycles. The number of amides is 2. The van der Waals surface area contributed by atoms with Crippen molar-refractivity contribution < 1.29 is 14.3 Å². The van der Waals surface area contributed by atoms with E-state index < -0.39 is 0 Å². The highest BCUT2D eigenvalue weighted by molar-refractivity contribution is 9.10. The minimum atomic E-state index is -0.327. The molecular weight excluding hydrogens is 452 g/mol. The molecule has 2 amide bonds. The van der Waals surface area contributed by atoms with Crippen LogP contribution in [0.1, 0.15) is 12.5 Å². The number of ether oxygens (including phenoxy) is 1. The summed E-state index contributed by atoms with van der Waals surface area (Å²) in [5.74, 6) is 0.118. The molecule has 0 aliphatic carbocycles. The maximum absolute atomic E-state index is 12.2. The Morgan fingerprint density at radius 1 is 1.00 bits per heavy atom. The van der Waals surface area contributed by atoms with Gasteiger partial charge in [-0.05, 0) is 42.5 Å². The molecule has 130 valence electrons. The van der Waals surface area contributed by atoms with Gasteiger partial charge in [-0.1, -0.05) is 31.9 Å². The van der Waals surface area contributed by atoms with E-state index in [1.54, 1.807) is 31.4 Å². The molecule has 0 spiro atoms. The Hall–Kier alpha value is -2.12. The van der Waals surface area contributed by atoms with Crippen molar-refractivity contribution in [2.24, 2.45) is 0 Å². The lowest BCUT2D eigenvalue weighted by atomic mass is 10.2. The Morgan fingerprint density at radius 2 is 1.68 bits per heavy atom. The van der Waals surface area contributed by atoms with Gasteiger partial charge in [0.1, 0.15) is 5.75 Å². The molecule has 0 heterocycles. The Balaban J connectivity index is 2.19. The second kappa shape index (κ2) is 8.82.